The van der Waals surface area contributed by atoms with Crippen molar-refractivity contribution >= 4 is 29.0 Å². The van der Waals surface area contributed by atoms with Crippen LogP contribution in [0.4, 0.5) is 10.6 Å². The van der Waals surface area contributed by atoms with Crippen molar-refractivity contribution in [2.75, 3.05) is 18.8 Å². The lowest BCUT2D eigenvalue weighted by atomic mass is 9.91. The van der Waals surface area contributed by atoms with Gasteiger partial charge in [-0.1, -0.05) is 6.07 Å². The van der Waals surface area contributed by atoms with E-state index in [2.05, 4.69) is 20.3 Å². The van der Waals surface area contributed by atoms with Crippen molar-refractivity contribution in [3.63, 3.8) is 0 Å². The van der Waals surface area contributed by atoms with Crippen LogP contribution in [0.25, 0.3) is 11.2 Å². The molecule has 6 rings (SSSR count). The Labute approximate surface area is 249 Å². The van der Waals surface area contributed by atoms with Gasteiger partial charge in [0.1, 0.15) is 29.3 Å². The van der Waals surface area contributed by atoms with Gasteiger partial charge in [-0.05, 0) is 81.5 Å². The van der Waals surface area contributed by atoms with Gasteiger partial charge in [0, 0.05) is 25.6 Å². The number of carbonyl (C=O) groups excluding carboxylic acids is 2. The fraction of sp³-hybridized carbons (Fsp3) is 0.567. The van der Waals surface area contributed by atoms with Gasteiger partial charge in [0.15, 0.2) is 23.8 Å². The molecule has 0 bridgehead atoms. The number of nitrogens with zero attached hydrogens (tertiary/aromatic N) is 5. The second kappa shape index (κ2) is 12.1. The third-order valence-corrected chi connectivity index (χ3v) is 8.76. The van der Waals surface area contributed by atoms with E-state index >= 15 is 0 Å². The number of amides is 2. The highest BCUT2D eigenvalue weighted by atomic mass is 16.6. The van der Waals surface area contributed by atoms with Gasteiger partial charge in [0.2, 0.25) is 0 Å². The number of nitrogens with two attached hydrogens (primary N) is 1. The number of benzene rings is 1. The van der Waals surface area contributed by atoms with Crippen molar-refractivity contribution in [2.45, 2.75) is 89.4 Å². The zero-order valence-corrected chi connectivity index (χ0v) is 24.5. The third kappa shape index (κ3) is 6.29. The fourth-order valence-corrected chi connectivity index (χ4v) is 5.80. The minimum Gasteiger partial charge on any atom is -0.410 e. The predicted octanol–water partition coefficient (Wildman–Crippen LogP) is 2.16. The molecule has 3 aliphatic rings. The Hall–Kier alpha value is -3.81. The van der Waals surface area contributed by atoms with Crippen molar-refractivity contribution in [1.82, 2.24) is 29.7 Å². The monoisotopic (exact) mass is 593 g/mol. The molecule has 0 radical (unpaired) electrons. The number of hydrogen-bond acceptors (Lipinski definition) is 10. The minimum absolute atomic E-state index is 0.0983. The van der Waals surface area contributed by atoms with E-state index in [-0.39, 0.29) is 18.0 Å². The molecular formula is C30H39N7O6. The fourth-order valence-electron chi connectivity index (χ4n) is 5.80. The number of ether oxygens (including phenoxy) is 2. The molecule has 1 aliphatic carbocycles. The molecule has 230 valence electrons. The number of carbonyl (C=O) groups is 2. The van der Waals surface area contributed by atoms with Gasteiger partial charge in [-0.15, -0.1) is 0 Å². The molecule has 1 aromatic carbocycles. The number of fused-ring (bicyclic) bond motifs is 1. The molecule has 2 aliphatic heterocycles. The minimum atomic E-state index is -1.39. The summed E-state index contributed by atoms with van der Waals surface area (Å²) in [6.45, 7) is 5.32. The Balaban J connectivity index is 1.03. The summed E-state index contributed by atoms with van der Waals surface area (Å²) in [4.78, 5) is 40.3. The summed E-state index contributed by atoms with van der Waals surface area (Å²) in [5.41, 5.74) is 9.18. The van der Waals surface area contributed by atoms with Gasteiger partial charge in [-0.2, -0.15) is 0 Å². The lowest BCUT2D eigenvalue weighted by Crippen LogP contribution is -2.43. The van der Waals surface area contributed by atoms with Crippen LogP contribution in [0.5, 0.6) is 5.75 Å². The molecule has 4 atom stereocenters. The molecule has 1 saturated carbocycles. The summed E-state index contributed by atoms with van der Waals surface area (Å²) in [7, 11) is 0. The first kappa shape index (κ1) is 29.3. The number of aryl methyl sites for hydroxylation is 3. The van der Waals surface area contributed by atoms with E-state index in [1.54, 1.807) is 4.90 Å². The third-order valence-electron chi connectivity index (χ3n) is 8.76. The first-order valence-electron chi connectivity index (χ1n) is 15.0. The van der Waals surface area contributed by atoms with Gasteiger partial charge in [-0.25, -0.2) is 19.7 Å². The standard InChI is InChI=1S/C30H39N7O6/c1-16-6-9-20(14-17(16)2)42-30(41)36-12-10-18(11-13-36)4-3-5-21-34-26(31)22-27(35-21)37(15-32-22)29-24(39)23(38)25(43-29)28(40)33-19-7-8-19/h6,9,14-15,18-19,23-25,29,38-39H,3-5,7-8,10-13H2,1-2H3,(H,33,40)(H2,31,34,35)/t23-,24+,25-,29+/m0/s1. The Morgan fingerprint density at radius 1 is 1.09 bits per heavy atom. The number of aliphatic hydroxyl groups excluding tert-OH is 2. The van der Waals surface area contributed by atoms with Crippen molar-refractivity contribution in [3.05, 3.63) is 41.5 Å². The molecule has 2 amide bonds. The van der Waals surface area contributed by atoms with E-state index in [1.807, 2.05) is 32.0 Å². The Morgan fingerprint density at radius 3 is 2.58 bits per heavy atom. The number of likely N-dealkylation sites (tertiary alicyclic amines) is 1. The number of nitrogen functional groups attached to an aromatic ring is 1. The predicted molar refractivity (Wildman–Crippen MR) is 156 cm³/mol. The van der Waals surface area contributed by atoms with E-state index in [0.29, 0.717) is 48.2 Å². The molecule has 5 N–H and O–H groups in total. The molecule has 0 spiro atoms. The van der Waals surface area contributed by atoms with Crippen LogP contribution in [0.2, 0.25) is 0 Å². The lowest BCUT2D eigenvalue weighted by Gasteiger charge is -2.31. The largest absolute Gasteiger partial charge is 0.415 e. The van der Waals surface area contributed by atoms with Crippen LogP contribution >= 0.6 is 0 Å². The van der Waals surface area contributed by atoms with E-state index in [1.165, 1.54) is 10.9 Å². The highest BCUT2D eigenvalue weighted by molar-refractivity contribution is 5.83. The number of imidazole rings is 1. The number of aliphatic hydroxyl groups is 2. The number of nitrogens with one attached hydrogen (secondary N) is 1. The highest BCUT2D eigenvalue weighted by Gasteiger charge is 2.48. The topological polar surface area (TPSA) is 178 Å². The first-order chi connectivity index (χ1) is 20.7. The second-order valence-corrected chi connectivity index (χ2v) is 12.0. The number of rotatable bonds is 8. The van der Waals surface area contributed by atoms with E-state index in [4.69, 9.17) is 15.2 Å². The van der Waals surface area contributed by atoms with E-state index in [0.717, 1.165) is 49.7 Å². The quantitative estimate of drug-likeness (QED) is 0.303. The number of anilines is 1. The first-order valence-corrected chi connectivity index (χ1v) is 15.0. The Bertz CT molecular complexity index is 1500. The smallest absolute Gasteiger partial charge is 0.410 e. The SMILES string of the molecule is Cc1ccc(OC(=O)N2CCC(CCCc3nc(N)c4ncn([C@@H]5O[C@H](C(=O)NC6CC6)[C@@H](O)[C@H]5O)c4n3)CC2)cc1C. The zero-order valence-electron chi connectivity index (χ0n) is 24.5. The van der Waals surface area contributed by atoms with Gasteiger partial charge in [0.05, 0.1) is 6.33 Å². The van der Waals surface area contributed by atoms with Gasteiger partial charge >= 0.3 is 6.09 Å². The molecule has 2 aromatic heterocycles. The van der Waals surface area contributed by atoms with Crippen LogP contribution in [-0.2, 0) is 16.0 Å². The second-order valence-electron chi connectivity index (χ2n) is 12.0. The summed E-state index contributed by atoms with van der Waals surface area (Å²) in [6.07, 6.45) is 2.09. The molecule has 2 saturated heterocycles. The average Bonchev–Trinajstić information content (AvgIpc) is 3.62. The normalized spacial score (nSPS) is 24.4. The van der Waals surface area contributed by atoms with E-state index in [9.17, 15) is 19.8 Å². The van der Waals surface area contributed by atoms with Crippen LogP contribution < -0.4 is 15.8 Å². The maximum Gasteiger partial charge on any atom is 0.415 e. The summed E-state index contributed by atoms with van der Waals surface area (Å²) in [6, 6.07) is 5.76. The van der Waals surface area contributed by atoms with Crippen LogP contribution in [-0.4, -0.2) is 84.1 Å². The van der Waals surface area contributed by atoms with Crippen LogP contribution in [0.15, 0.2) is 24.5 Å². The van der Waals surface area contributed by atoms with Gasteiger partial charge in [0.25, 0.3) is 5.91 Å². The summed E-state index contributed by atoms with van der Waals surface area (Å²) in [5, 5.41) is 24.1. The van der Waals surface area contributed by atoms with Crippen molar-refractivity contribution in [1.29, 1.82) is 0 Å². The maximum atomic E-state index is 12.7. The lowest BCUT2D eigenvalue weighted by molar-refractivity contribution is -0.137. The van der Waals surface area contributed by atoms with Crippen molar-refractivity contribution in [2.24, 2.45) is 5.92 Å². The van der Waals surface area contributed by atoms with Gasteiger partial charge in [-0.3, -0.25) is 9.36 Å². The van der Waals surface area contributed by atoms with Crippen LogP contribution in [0.1, 0.15) is 61.7 Å². The molecule has 13 heteroatoms. The molecule has 0 unspecified atom stereocenters. The molecule has 3 aromatic rings. The maximum absolute atomic E-state index is 12.7. The molecule has 4 heterocycles. The number of hydrogen-bond donors (Lipinski definition) is 4. The Morgan fingerprint density at radius 2 is 1.86 bits per heavy atom. The van der Waals surface area contributed by atoms with Crippen LogP contribution in [0.3, 0.4) is 0 Å². The van der Waals surface area contributed by atoms with Crippen molar-refractivity contribution < 1.29 is 29.3 Å². The summed E-state index contributed by atoms with van der Waals surface area (Å²) in [5.74, 6) is 1.35. The number of aromatic nitrogens is 4. The molecule has 3 fully saturated rings. The number of piperidine rings is 1. The molecule has 43 heavy (non-hydrogen) atoms. The summed E-state index contributed by atoms with van der Waals surface area (Å²) >= 11 is 0. The van der Waals surface area contributed by atoms with Crippen LogP contribution in [0, 0.1) is 19.8 Å². The highest BCUT2D eigenvalue weighted by Crippen LogP contribution is 2.33. The Kier molecular flexibility index (Phi) is 8.21. The molecular weight excluding hydrogens is 554 g/mol. The molecule has 13 nitrogen and oxygen atoms in total. The zero-order chi connectivity index (χ0) is 30.2. The average molecular weight is 594 g/mol. The van der Waals surface area contributed by atoms with Crippen molar-refractivity contribution in [3.8, 4) is 5.75 Å². The summed E-state index contributed by atoms with van der Waals surface area (Å²) < 4.78 is 12.9. The van der Waals surface area contributed by atoms with Gasteiger partial charge < -0.3 is 35.6 Å². The van der Waals surface area contributed by atoms with E-state index < -0.39 is 30.4 Å².